The van der Waals surface area contributed by atoms with Crippen LogP contribution in [0.1, 0.15) is 66.0 Å². The monoisotopic (exact) mass is 453 g/mol. The maximum absolute atomic E-state index is 12.5. The van der Waals surface area contributed by atoms with Crippen molar-refractivity contribution >= 4 is 23.0 Å². The second kappa shape index (κ2) is 7.86. The Morgan fingerprint density at radius 2 is 1.82 bits per heavy atom. The van der Waals surface area contributed by atoms with Crippen LogP contribution in [-0.4, -0.2) is 28.1 Å². The number of nitrogens with one attached hydrogen (secondary N) is 2. The number of aromatic carboxylic acids is 1. The number of aliphatic hydroxyl groups excluding tert-OH is 1. The lowest BCUT2D eigenvalue weighted by Gasteiger charge is -2.31. The highest BCUT2D eigenvalue weighted by molar-refractivity contribution is 5.92. The van der Waals surface area contributed by atoms with Crippen LogP contribution in [0, 0.1) is 12.3 Å². The van der Waals surface area contributed by atoms with E-state index in [0.29, 0.717) is 22.6 Å². The lowest BCUT2D eigenvalue weighted by Crippen LogP contribution is -2.39. The summed E-state index contributed by atoms with van der Waals surface area (Å²) in [5.74, 6) is 0.276. The van der Waals surface area contributed by atoms with E-state index >= 15 is 0 Å². The lowest BCUT2D eigenvalue weighted by atomic mass is 9.84. The Hall–Kier alpha value is -3.43. The fourth-order valence-corrected chi connectivity index (χ4v) is 4.25. The predicted octanol–water partition coefficient (Wildman–Crippen LogP) is 3.26. The molecule has 0 fully saturated rings. The van der Waals surface area contributed by atoms with Gasteiger partial charge < -0.3 is 25.3 Å². The summed E-state index contributed by atoms with van der Waals surface area (Å²) in [6.07, 6.45) is -1.04. The molecule has 1 aromatic heterocycles. The summed E-state index contributed by atoms with van der Waals surface area (Å²) in [6.45, 7) is 8.05. The third-order valence-corrected chi connectivity index (χ3v) is 6.04. The zero-order valence-electron chi connectivity index (χ0n) is 19.1. The minimum atomic E-state index is -1.10. The van der Waals surface area contributed by atoms with Crippen molar-refractivity contribution in [2.75, 3.05) is 17.7 Å². The quantitative estimate of drug-likeness (QED) is 0.415. The number of aliphatic hydroxyl groups is 1. The molecule has 9 heteroatoms. The average Bonchev–Trinajstić information content (AvgIpc) is 3.28. The maximum atomic E-state index is 12.5. The molecule has 0 saturated heterocycles. The number of carboxylic acid groups (broad SMARTS) is 1. The first-order valence-corrected chi connectivity index (χ1v) is 10.6. The molecule has 0 aliphatic carbocycles. The van der Waals surface area contributed by atoms with Crippen molar-refractivity contribution in [1.82, 2.24) is 4.90 Å². The topological polar surface area (TPSA) is 132 Å². The first-order valence-electron chi connectivity index (χ1n) is 10.6. The van der Waals surface area contributed by atoms with Gasteiger partial charge in [0.1, 0.15) is 29.1 Å². The van der Waals surface area contributed by atoms with Crippen molar-refractivity contribution in [1.29, 1.82) is 0 Å². The highest BCUT2D eigenvalue weighted by atomic mass is 16.4. The zero-order valence-corrected chi connectivity index (χ0v) is 19.1. The molecule has 2 aromatic carbocycles. The minimum absolute atomic E-state index is 0.0737. The number of aryl methyl sites for hydroxylation is 1. The van der Waals surface area contributed by atoms with E-state index in [0.717, 1.165) is 5.76 Å². The number of anilines is 3. The Kier molecular flexibility index (Phi) is 5.42. The third-order valence-electron chi connectivity index (χ3n) is 6.04. The highest BCUT2D eigenvalue weighted by Gasteiger charge is 2.35. The van der Waals surface area contributed by atoms with Crippen LogP contribution in [0.5, 0.6) is 0 Å². The van der Waals surface area contributed by atoms with E-state index in [1.807, 2.05) is 39.8 Å². The molecule has 9 nitrogen and oxygen atoms in total. The van der Waals surface area contributed by atoms with Crippen molar-refractivity contribution in [3.63, 3.8) is 0 Å². The lowest BCUT2D eigenvalue weighted by molar-refractivity contribution is 0.0341. The molecule has 2 heterocycles. The molecule has 0 bridgehead atoms. The molecule has 0 radical (unpaired) electrons. The van der Waals surface area contributed by atoms with Crippen LogP contribution in [0.2, 0.25) is 0 Å². The molecule has 174 valence electrons. The molecular formula is C24H27N3O6. The molecule has 4 N–H and O–H groups in total. The zero-order chi connectivity index (χ0) is 24.2. The number of carboxylic acids is 1. The third kappa shape index (κ3) is 3.83. The average molecular weight is 453 g/mol. The standard InChI is InChI=1S/C24H27N3O6/c1-11-6-9-15(33-11)21(24(2,3)4)26-18-17(19(28)20(18)29)25-14-8-7-12(23(31)32)13-10-27(5)22(30)16(13)14/h6-9,21-22,25-26,30H,10H2,1-5H3,(H,31,32)/t21-,22?/m0/s1. The largest absolute Gasteiger partial charge is 0.478 e. The van der Waals surface area contributed by atoms with Gasteiger partial charge in [0.05, 0.1) is 11.6 Å². The van der Waals surface area contributed by atoms with Crippen LogP contribution in [-0.2, 0) is 6.54 Å². The van der Waals surface area contributed by atoms with Crippen LogP contribution in [0.3, 0.4) is 0 Å². The summed E-state index contributed by atoms with van der Waals surface area (Å²) < 4.78 is 5.78. The van der Waals surface area contributed by atoms with Gasteiger partial charge in [-0.2, -0.15) is 0 Å². The van der Waals surface area contributed by atoms with Crippen LogP contribution in [0.15, 0.2) is 38.3 Å². The number of fused-ring (bicyclic) bond motifs is 1. The molecule has 0 spiro atoms. The summed E-state index contributed by atoms with van der Waals surface area (Å²) in [6, 6.07) is 6.22. The first-order chi connectivity index (χ1) is 15.4. The Balaban J connectivity index is 1.72. The van der Waals surface area contributed by atoms with Crippen molar-refractivity contribution in [3.8, 4) is 0 Å². The molecule has 0 amide bonds. The van der Waals surface area contributed by atoms with Gasteiger partial charge in [0.2, 0.25) is 0 Å². The van der Waals surface area contributed by atoms with E-state index < -0.39 is 23.1 Å². The Bertz CT molecular complexity index is 1310. The number of benzene rings is 1. The molecule has 4 rings (SSSR count). The fourth-order valence-electron chi connectivity index (χ4n) is 4.25. The molecule has 0 saturated carbocycles. The highest BCUT2D eigenvalue weighted by Crippen LogP contribution is 2.41. The number of rotatable bonds is 6. The normalized spacial score (nSPS) is 17.2. The van der Waals surface area contributed by atoms with Gasteiger partial charge in [-0.3, -0.25) is 14.5 Å². The summed E-state index contributed by atoms with van der Waals surface area (Å²) in [5, 5.41) is 26.3. The van der Waals surface area contributed by atoms with E-state index in [-0.39, 0.29) is 34.9 Å². The minimum Gasteiger partial charge on any atom is -0.478 e. The van der Waals surface area contributed by atoms with Crippen molar-refractivity contribution in [2.45, 2.75) is 46.5 Å². The van der Waals surface area contributed by atoms with E-state index in [1.165, 1.54) is 12.1 Å². The van der Waals surface area contributed by atoms with E-state index in [4.69, 9.17) is 4.42 Å². The first kappa shape index (κ1) is 22.8. The number of carbonyl (C=O) groups is 1. The molecule has 1 aliphatic rings. The number of hydrogen-bond donors (Lipinski definition) is 4. The van der Waals surface area contributed by atoms with Crippen molar-refractivity contribution in [3.05, 3.63) is 72.9 Å². The van der Waals surface area contributed by atoms with Gasteiger partial charge in [-0.1, -0.05) is 20.8 Å². The number of nitrogens with zero attached hydrogens (tertiary/aromatic N) is 1. The van der Waals surface area contributed by atoms with Crippen molar-refractivity contribution < 1.29 is 19.4 Å². The molecule has 1 unspecified atom stereocenters. The second-order valence-electron chi connectivity index (χ2n) is 9.57. The van der Waals surface area contributed by atoms with Crippen LogP contribution in [0.4, 0.5) is 17.1 Å². The van der Waals surface area contributed by atoms with Crippen LogP contribution in [0.25, 0.3) is 0 Å². The van der Waals surface area contributed by atoms with Crippen LogP contribution >= 0.6 is 0 Å². The second-order valence-corrected chi connectivity index (χ2v) is 9.57. The summed E-state index contributed by atoms with van der Waals surface area (Å²) in [4.78, 5) is 38.2. The summed E-state index contributed by atoms with van der Waals surface area (Å²) in [5.41, 5.74) is -0.157. The predicted molar refractivity (Wildman–Crippen MR) is 124 cm³/mol. The van der Waals surface area contributed by atoms with Gasteiger partial charge in [0.15, 0.2) is 0 Å². The van der Waals surface area contributed by atoms with Gasteiger partial charge in [-0.05, 0) is 49.2 Å². The number of furan rings is 1. The Morgan fingerprint density at radius 1 is 1.15 bits per heavy atom. The molecule has 1 aliphatic heterocycles. The van der Waals surface area contributed by atoms with Gasteiger partial charge in [-0.15, -0.1) is 0 Å². The smallest absolute Gasteiger partial charge is 0.336 e. The fraction of sp³-hybridized carbons (Fsp3) is 0.375. The van der Waals surface area contributed by atoms with Gasteiger partial charge in [-0.25, -0.2) is 4.79 Å². The van der Waals surface area contributed by atoms with E-state index in [9.17, 15) is 24.6 Å². The summed E-state index contributed by atoms with van der Waals surface area (Å²) in [7, 11) is 1.67. The van der Waals surface area contributed by atoms with Crippen LogP contribution < -0.4 is 21.5 Å². The maximum Gasteiger partial charge on any atom is 0.336 e. The van der Waals surface area contributed by atoms with Gasteiger partial charge in [0, 0.05) is 17.8 Å². The SMILES string of the molecule is Cc1ccc([C@H](Nc2c(Nc3ccc(C(=O)O)c4c3C(O)N(C)C4)c(=O)c2=O)C(C)(C)C)o1. The Morgan fingerprint density at radius 3 is 2.39 bits per heavy atom. The summed E-state index contributed by atoms with van der Waals surface area (Å²) >= 11 is 0. The van der Waals surface area contributed by atoms with Gasteiger partial charge in [0.25, 0.3) is 10.9 Å². The molecule has 33 heavy (non-hydrogen) atoms. The Labute approximate surface area is 190 Å². The van der Waals surface area contributed by atoms with E-state index in [1.54, 1.807) is 11.9 Å². The molecule has 2 atom stereocenters. The van der Waals surface area contributed by atoms with Crippen molar-refractivity contribution in [2.24, 2.45) is 5.41 Å². The molecule has 3 aromatic rings. The van der Waals surface area contributed by atoms with Gasteiger partial charge >= 0.3 is 5.97 Å². The molecular weight excluding hydrogens is 426 g/mol. The van der Waals surface area contributed by atoms with E-state index in [2.05, 4.69) is 10.6 Å². The number of hydrogen-bond acceptors (Lipinski definition) is 8.